The van der Waals surface area contributed by atoms with Gasteiger partial charge in [0, 0.05) is 28.8 Å². The number of thiazole rings is 1. The highest BCUT2D eigenvalue weighted by Gasteiger charge is 2.13. The Bertz CT molecular complexity index is 1230. The third-order valence-electron chi connectivity index (χ3n) is 4.62. The van der Waals surface area contributed by atoms with Crippen LogP contribution in [0.25, 0.3) is 22.4 Å². The second-order valence-electron chi connectivity index (χ2n) is 6.29. The zero-order chi connectivity index (χ0) is 19.7. The summed E-state index contributed by atoms with van der Waals surface area (Å²) in [6.07, 6.45) is 1.90. The Morgan fingerprint density at radius 1 is 1.11 bits per heavy atom. The number of nitrogens with zero attached hydrogens (tertiary/aromatic N) is 4. The van der Waals surface area contributed by atoms with Gasteiger partial charge in [-0.1, -0.05) is 51.5 Å². The van der Waals surface area contributed by atoms with Crippen molar-refractivity contribution in [3.8, 4) is 11.4 Å². The summed E-state index contributed by atoms with van der Waals surface area (Å²) in [5.74, 6) is 0.547. The van der Waals surface area contributed by atoms with E-state index in [4.69, 9.17) is 0 Å². The molecule has 0 saturated carbocycles. The van der Waals surface area contributed by atoms with E-state index in [1.807, 2.05) is 42.5 Å². The van der Waals surface area contributed by atoms with Crippen LogP contribution in [0.15, 0.2) is 57.8 Å². The van der Waals surface area contributed by atoms with E-state index in [0.717, 1.165) is 28.7 Å². The highest BCUT2D eigenvalue weighted by Crippen LogP contribution is 2.25. The average molecular weight is 455 g/mol. The molecule has 4 aromatic rings. The lowest BCUT2D eigenvalue weighted by Crippen LogP contribution is -2.23. The van der Waals surface area contributed by atoms with Crippen molar-refractivity contribution in [1.82, 2.24) is 14.6 Å². The van der Waals surface area contributed by atoms with Crippen LogP contribution >= 0.6 is 27.3 Å². The number of benzene rings is 2. The fourth-order valence-corrected chi connectivity index (χ4v) is 4.48. The molecular formula is C21H19BrN4OS. The SMILES string of the molecule is CCN(CC)c1ccc(C=c2sc3nc(-c4ccccc4Br)nn3c2=O)cc1. The Balaban J connectivity index is 1.70. The number of aromatic nitrogens is 3. The van der Waals surface area contributed by atoms with Crippen molar-refractivity contribution in [3.63, 3.8) is 0 Å². The molecule has 0 N–H and O–H groups in total. The van der Waals surface area contributed by atoms with Gasteiger partial charge in [-0.3, -0.25) is 4.79 Å². The van der Waals surface area contributed by atoms with E-state index < -0.39 is 0 Å². The van der Waals surface area contributed by atoms with Crippen molar-refractivity contribution in [2.75, 3.05) is 18.0 Å². The van der Waals surface area contributed by atoms with E-state index in [9.17, 15) is 4.79 Å². The number of halogens is 1. The van der Waals surface area contributed by atoms with Gasteiger partial charge >= 0.3 is 0 Å². The zero-order valence-electron chi connectivity index (χ0n) is 15.6. The first-order valence-corrected chi connectivity index (χ1v) is 10.7. The fraction of sp³-hybridized carbons (Fsp3) is 0.190. The standard InChI is InChI=1S/C21H19BrN4OS/c1-3-25(4-2)15-11-9-14(10-12-15)13-18-20(27)26-21(28-18)23-19(24-26)16-7-5-6-8-17(16)22/h5-13H,3-4H2,1-2H3. The molecule has 2 heterocycles. The fourth-order valence-electron chi connectivity index (χ4n) is 3.11. The molecule has 7 heteroatoms. The lowest BCUT2D eigenvalue weighted by molar-refractivity contribution is 0.866. The summed E-state index contributed by atoms with van der Waals surface area (Å²) in [5, 5.41) is 4.41. The zero-order valence-corrected chi connectivity index (χ0v) is 18.0. The second kappa shape index (κ2) is 7.85. The molecule has 5 nitrogen and oxygen atoms in total. The Hall–Kier alpha value is -2.51. The van der Waals surface area contributed by atoms with Gasteiger partial charge < -0.3 is 4.90 Å². The number of anilines is 1. The molecule has 0 atom stereocenters. The summed E-state index contributed by atoms with van der Waals surface area (Å²) in [6, 6.07) is 16.0. The molecular weight excluding hydrogens is 436 g/mol. The van der Waals surface area contributed by atoms with Crippen LogP contribution < -0.4 is 15.0 Å². The lowest BCUT2D eigenvalue weighted by atomic mass is 10.2. The van der Waals surface area contributed by atoms with Gasteiger partial charge in [0.1, 0.15) is 0 Å². The maximum atomic E-state index is 12.7. The maximum absolute atomic E-state index is 12.7. The van der Waals surface area contributed by atoms with E-state index in [-0.39, 0.29) is 5.56 Å². The molecule has 0 amide bonds. The van der Waals surface area contributed by atoms with Crippen LogP contribution in [0.1, 0.15) is 19.4 Å². The van der Waals surface area contributed by atoms with Gasteiger partial charge in [-0.05, 0) is 49.8 Å². The number of hydrogen-bond acceptors (Lipinski definition) is 5. The molecule has 0 bridgehead atoms. The van der Waals surface area contributed by atoms with Crippen molar-refractivity contribution in [3.05, 3.63) is 73.5 Å². The first kappa shape index (κ1) is 18.8. The van der Waals surface area contributed by atoms with E-state index in [2.05, 4.69) is 56.9 Å². The molecule has 2 aromatic carbocycles. The van der Waals surface area contributed by atoms with Crippen LogP contribution in [0, 0.1) is 0 Å². The van der Waals surface area contributed by atoms with Gasteiger partial charge in [-0.2, -0.15) is 9.50 Å². The molecule has 2 aromatic heterocycles. The molecule has 0 saturated heterocycles. The van der Waals surface area contributed by atoms with E-state index in [1.165, 1.54) is 21.5 Å². The smallest absolute Gasteiger partial charge is 0.291 e. The normalized spacial score (nSPS) is 12.0. The summed E-state index contributed by atoms with van der Waals surface area (Å²) in [7, 11) is 0. The van der Waals surface area contributed by atoms with Gasteiger partial charge in [-0.15, -0.1) is 5.10 Å². The van der Waals surface area contributed by atoms with Crippen LogP contribution in [0.2, 0.25) is 0 Å². The average Bonchev–Trinajstić information content (AvgIpc) is 3.24. The topological polar surface area (TPSA) is 50.5 Å². The minimum atomic E-state index is -0.140. The van der Waals surface area contributed by atoms with Crippen molar-refractivity contribution < 1.29 is 0 Å². The van der Waals surface area contributed by atoms with Crippen LogP contribution in [0.5, 0.6) is 0 Å². The molecule has 0 aliphatic rings. The minimum absolute atomic E-state index is 0.140. The first-order valence-electron chi connectivity index (χ1n) is 9.12. The Morgan fingerprint density at radius 3 is 2.46 bits per heavy atom. The summed E-state index contributed by atoms with van der Waals surface area (Å²) in [5.41, 5.74) is 2.91. The highest BCUT2D eigenvalue weighted by atomic mass is 79.9. The molecule has 4 rings (SSSR count). The van der Waals surface area contributed by atoms with Crippen LogP contribution in [0.3, 0.4) is 0 Å². The van der Waals surface area contributed by atoms with Gasteiger partial charge in [0.2, 0.25) is 4.96 Å². The maximum Gasteiger partial charge on any atom is 0.291 e. The summed E-state index contributed by atoms with van der Waals surface area (Å²) >= 11 is 4.86. The van der Waals surface area contributed by atoms with Gasteiger partial charge in [0.15, 0.2) is 5.82 Å². The van der Waals surface area contributed by atoms with Crippen LogP contribution in [0.4, 0.5) is 5.69 Å². The summed E-state index contributed by atoms with van der Waals surface area (Å²) < 4.78 is 2.92. The molecule has 0 aliphatic heterocycles. The van der Waals surface area contributed by atoms with Crippen molar-refractivity contribution >= 4 is 44.0 Å². The largest absolute Gasteiger partial charge is 0.372 e. The van der Waals surface area contributed by atoms with Gasteiger partial charge in [-0.25, -0.2) is 0 Å². The Labute approximate surface area is 175 Å². The molecule has 142 valence electrons. The van der Waals surface area contributed by atoms with Crippen molar-refractivity contribution in [2.45, 2.75) is 13.8 Å². The Kier molecular flexibility index (Phi) is 5.28. The minimum Gasteiger partial charge on any atom is -0.372 e. The van der Waals surface area contributed by atoms with Gasteiger partial charge in [0.25, 0.3) is 5.56 Å². The summed E-state index contributed by atoms with van der Waals surface area (Å²) in [4.78, 5) is 20.2. The quantitative estimate of drug-likeness (QED) is 0.457. The molecule has 0 aliphatic carbocycles. The van der Waals surface area contributed by atoms with Crippen LogP contribution in [-0.2, 0) is 0 Å². The van der Waals surface area contributed by atoms with E-state index in [1.54, 1.807) is 0 Å². The molecule has 28 heavy (non-hydrogen) atoms. The highest BCUT2D eigenvalue weighted by molar-refractivity contribution is 9.10. The predicted octanol–water partition coefficient (Wildman–Crippen LogP) is 3.97. The molecule has 0 fully saturated rings. The molecule has 0 spiro atoms. The third kappa shape index (κ3) is 3.47. The van der Waals surface area contributed by atoms with Crippen molar-refractivity contribution in [2.24, 2.45) is 0 Å². The van der Waals surface area contributed by atoms with E-state index >= 15 is 0 Å². The summed E-state index contributed by atoms with van der Waals surface area (Å²) in [6.45, 7) is 6.23. The van der Waals surface area contributed by atoms with E-state index in [0.29, 0.717) is 15.3 Å². The molecule has 0 radical (unpaired) electrons. The Morgan fingerprint density at radius 2 is 1.82 bits per heavy atom. The second-order valence-corrected chi connectivity index (χ2v) is 8.15. The number of rotatable bonds is 5. The molecule has 0 unspecified atom stereocenters. The number of fused-ring (bicyclic) bond motifs is 1. The monoisotopic (exact) mass is 454 g/mol. The number of hydrogen-bond donors (Lipinski definition) is 0. The van der Waals surface area contributed by atoms with Crippen molar-refractivity contribution in [1.29, 1.82) is 0 Å². The van der Waals surface area contributed by atoms with Gasteiger partial charge in [0.05, 0.1) is 4.53 Å². The third-order valence-corrected chi connectivity index (χ3v) is 6.27. The first-order chi connectivity index (χ1) is 13.6. The lowest BCUT2D eigenvalue weighted by Gasteiger charge is -2.20. The van der Waals surface area contributed by atoms with Crippen LogP contribution in [-0.4, -0.2) is 27.7 Å². The predicted molar refractivity (Wildman–Crippen MR) is 119 cm³/mol.